The van der Waals surface area contributed by atoms with Crippen molar-refractivity contribution < 1.29 is 13.5 Å². The van der Waals surface area contributed by atoms with E-state index in [1.165, 1.54) is 6.07 Å². The summed E-state index contributed by atoms with van der Waals surface area (Å²) in [5.41, 5.74) is 0.814. The molecule has 1 unspecified atom stereocenters. The summed E-state index contributed by atoms with van der Waals surface area (Å²) in [6.45, 7) is 3.77. The van der Waals surface area contributed by atoms with E-state index < -0.39 is 9.84 Å². The van der Waals surface area contributed by atoms with Crippen LogP contribution in [0.1, 0.15) is 24.8 Å². The van der Waals surface area contributed by atoms with Crippen molar-refractivity contribution >= 4 is 21.6 Å². The van der Waals surface area contributed by atoms with Crippen molar-refractivity contribution in [2.24, 2.45) is 0 Å². The predicted octanol–water partition coefficient (Wildman–Crippen LogP) is 3.41. The Morgan fingerprint density at radius 3 is 2.67 bits per heavy atom. The smallest absolute Gasteiger partial charge is 0.206 e. The van der Waals surface area contributed by atoms with Gasteiger partial charge in [-0.05, 0) is 54.6 Å². The van der Waals surface area contributed by atoms with Crippen molar-refractivity contribution in [1.82, 2.24) is 5.32 Å². The monoisotopic (exact) mass is 363 g/mol. The SMILES string of the molecule is CCSc1cccc(S(=O)(=O)c2ccc(C3CCNC3)c(O)c2)c1. The molecule has 0 aliphatic carbocycles. The summed E-state index contributed by atoms with van der Waals surface area (Å²) in [5.74, 6) is 1.18. The van der Waals surface area contributed by atoms with Gasteiger partial charge in [-0.25, -0.2) is 8.42 Å². The first-order valence-corrected chi connectivity index (χ1v) is 10.5. The minimum absolute atomic E-state index is 0.0591. The molecule has 0 bridgehead atoms. The molecule has 6 heteroatoms. The Hall–Kier alpha value is -1.50. The van der Waals surface area contributed by atoms with Gasteiger partial charge in [-0.2, -0.15) is 0 Å². The van der Waals surface area contributed by atoms with Gasteiger partial charge in [0.05, 0.1) is 9.79 Å². The fourth-order valence-corrected chi connectivity index (χ4v) is 5.11. The highest BCUT2D eigenvalue weighted by Gasteiger charge is 2.23. The van der Waals surface area contributed by atoms with Gasteiger partial charge in [0, 0.05) is 17.4 Å². The van der Waals surface area contributed by atoms with Crippen LogP contribution in [0.2, 0.25) is 0 Å². The van der Waals surface area contributed by atoms with Gasteiger partial charge in [0.2, 0.25) is 9.84 Å². The highest BCUT2D eigenvalue weighted by atomic mass is 32.2. The molecule has 0 saturated carbocycles. The minimum Gasteiger partial charge on any atom is -0.508 e. The first-order chi connectivity index (χ1) is 11.5. The first kappa shape index (κ1) is 17.3. The van der Waals surface area contributed by atoms with Gasteiger partial charge in [-0.1, -0.05) is 19.1 Å². The average Bonchev–Trinajstić information content (AvgIpc) is 3.09. The molecular weight excluding hydrogens is 342 g/mol. The second-order valence-electron chi connectivity index (χ2n) is 5.82. The van der Waals surface area contributed by atoms with Crippen LogP contribution < -0.4 is 5.32 Å². The van der Waals surface area contributed by atoms with E-state index in [0.29, 0.717) is 0 Å². The van der Waals surface area contributed by atoms with Crippen LogP contribution in [0.5, 0.6) is 5.75 Å². The number of sulfone groups is 1. The molecule has 1 aliphatic rings. The van der Waals surface area contributed by atoms with Crippen LogP contribution in [-0.4, -0.2) is 32.4 Å². The number of nitrogens with one attached hydrogen (secondary N) is 1. The lowest BCUT2D eigenvalue weighted by atomic mass is 9.98. The lowest BCUT2D eigenvalue weighted by molar-refractivity contribution is 0.460. The van der Waals surface area contributed by atoms with E-state index >= 15 is 0 Å². The molecule has 1 fully saturated rings. The summed E-state index contributed by atoms with van der Waals surface area (Å²) >= 11 is 1.60. The van der Waals surface area contributed by atoms with Gasteiger partial charge in [-0.15, -0.1) is 11.8 Å². The normalized spacial score (nSPS) is 18.0. The molecule has 128 valence electrons. The molecule has 1 saturated heterocycles. The molecule has 1 aliphatic heterocycles. The summed E-state index contributed by atoms with van der Waals surface area (Å²) in [4.78, 5) is 1.32. The van der Waals surface area contributed by atoms with Crippen LogP contribution in [0.3, 0.4) is 0 Å². The molecule has 0 aromatic heterocycles. The topological polar surface area (TPSA) is 66.4 Å². The third-order valence-electron chi connectivity index (χ3n) is 4.24. The predicted molar refractivity (Wildman–Crippen MR) is 96.6 cm³/mol. The fourth-order valence-electron chi connectivity index (χ4n) is 2.99. The van der Waals surface area contributed by atoms with Gasteiger partial charge in [0.1, 0.15) is 5.75 Å². The highest BCUT2D eigenvalue weighted by molar-refractivity contribution is 7.99. The third-order valence-corrected chi connectivity index (χ3v) is 6.86. The van der Waals surface area contributed by atoms with Crippen LogP contribution in [0.15, 0.2) is 57.2 Å². The second-order valence-corrected chi connectivity index (χ2v) is 9.11. The summed E-state index contributed by atoms with van der Waals surface area (Å²) in [6.07, 6.45) is 0.954. The van der Waals surface area contributed by atoms with E-state index in [-0.39, 0.29) is 21.5 Å². The maximum atomic E-state index is 12.8. The number of thioether (sulfide) groups is 1. The summed E-state index contributed by atoms with van der Waals surface area (Å²) < 4.78 is 25.7. The van der Waals surface area contributed by atoms with E-state index in [9.17, 15) is 13.5 Å². The third kappa shape index (κ3) is 3.45. The van der Waals surface area contributed by atoms with E-state index in [2.05, 4.69) is 5.32 Å². The number of benzene rings is 2. The number of phenols is 1. The molecule has 0 radical (unpaired) electrons. The lowest BCUT2D eigenvalue weighted by Crippen LogP contribution is -2.08. The maximum absolute atomic E-state index is 12.8. The fraction of sp³-hybridized carbons (Fsp3) is 0.333. The molecule has 3 rings (SSSR count). The quantitative estimate of drug-likeness (QED) is 0.797. The summed E-state index contributed by atoms with van der Waals surface area (Å²) in [6, 6.07) is 11.7. The zero-order valence-corrected chi connectivity index (χ0v) is 15.2. The number of phenolic OH excluding ortho intramolecular Hbond substituents is 1. The zero-order chi connectivity index (χ0) is 17.2. The first-order valence-electron chi connectivity index (χ1n) is 8.04. The van der Waals surface area contributed by atoms with Crippen LogP contribution in [-0.2, 0) is 9.84 Å². The van der Waals surface area contributed by atoms with Crippen LogP contribution >= 0.6 is 11.8 Å². The molecule has 1 atom stereocenters. The molecule has 0 spiro atoms. The lowest BCUT2D eigenvalue weighted by Gasteiger charge is -2.13. The number of hydrogen-bond donors (Lipinski definition) is 2. The molecule has 0 amide bonds. The number of rotatable bonds is 5. The van der Waals surface area contributed by atoms with Crippen LogP contribution in [0.4, 0.5) is 0 Å². The van der Waals surface area contributed by atoms with Crippen LogP contribution in [0.25, 0.3) is 0 Å². The standard InChI is InChI=1S/C18H21NO3S2/c1-2-23-14-4-3-5-15(10-14)24(21,22)16-6-7-17(18(20)11-16)13-8-9-19-12-13/h3-7,10-11,13,19-20H,2,8-9,12H2,1H3. The van der Waals surface area contributed by atoms with Gasteiger partial charge >= 0.3 is 0 Å². The molecule has 2 N–H and O–H groups in total. The van der Waals surface area contributed by atoms with E-state index in [1.54, 1.807) is 42.1 Å². The molecular formula is C18H21NO3S2. The Labute approximate surface area is 147 Å². The van der Waals surface area contributed by atoms with Gasteiger partial charge in [0.15, 0.2) is 0 Å². The van der Waals surface area contributed by atoms with E-state index in [0.717, 1.165) is 35.7 Å². The van der Waals surface area contributed by atoms with Crippen molar-refractivity contribution in [1.29, 1.82) is 0 Å². The summed E-state index contributed by atoms with van der Waals surface area (Å²) in [5, 5.41) is 13.6. The van der Waals surface area contributed by atoms with Gasteiger partial charge < -0.3 is 10.4 Å². The van der Waals surface area contributed by atoms with Crippen molar-refractivity contribution in [2.75, 3.05) is 18.8 Å². The molecule has 2 aromatic rings. The Kier molecular flexibility index (Phi) is 5.18. The highest BCUT2D eigenvalue weighted by Crippen LogP contribution is 2.34. The average molecular weight is 364 g/mol. The van der Waals surface area contributed by atoms with Crippen molar-refractivity contribution in [2.45, 2.75) is 33.9 Å². The Morgan fingerprint density at radius 2 is 2.00 bits per heavy atom. The van der Waals surface area contributed by atoms with E-state index in [1.807, 2.05) is 13.0 Å². The largest absolute Gasteiger partial charge is 0.508 e. The van der Waals surface area contributed by atoms with Crippen molar-refractivity contribution in [3.63, 3.8) is 0 Å². The Bertz CT molecular complexity index is 828. The maximum Gasteiger partial charge on any atom is 0.206 e. The summed E-state index contributed by atoms with van der Waals surface area (Å²) in [7, 11) is -3.63. The van der Waals surface area contributed by atoms with Gasteiger partial charge in [0.25, 0.3) is 0 Å². The minimum atomic E-state index is -3.63. The van der Waals surface area contributed by atoms with Crippen molar-refractivity contribution in [3.05, 3.63) is 48.0 Å². The molecule has 1 heterocycles. The number of hydrogen-bond acceptors (Lipinski definition) is 5. The Balaban J connectivity index is 1.95. The van der Waals surface area contributed by atoms with Crippen molar-refractivity contribution in [3.8, 4) is 5.75 Å². The molecule has 4 nitrogen and oxygen atoms in total. The molecule has 2 aromatic carbocycles. The van der Waals surface area contributed by atoms with E-state index in [4.69, 9.17) is 0 Å². The Morgan fingerprint density at radius 1 is 1.21 bits per heavy atom. The zero-order valence-electron chi connectivity index (χ0n) is 13.5. The molecule has 24 heavy (non-hydrogen) atoms. The van der Waals surface area contributed by atoms with Gasteiger partial charge in [-0.3, -0.25) is 0 Å². The van der Waals surface area contributed by atoms with Crippen LogP contribution in [0, 0.1) is 0 Å². The second kappa shape index (κ2) is 7.17. The number of aromatic hydroxyl groups is 1.